The smallest absolute Gasteiger partial charge is 0.261 e. The van der Waals surface area contributed by atoms with Crippen molar-refractivity contribution in [2.24, 2.45) is 0 Å². The highest BCUT2D eigenvalue weighted by Crippen LogP contribution is 2.29. The van der Waals surface area contributed by atoms with Crippen molar-refractivity contribution < 1.29 is 28.1 Å². The van der Waals surface area contributed by atoms with E-state index in [1.54, 1.807) is 25.3 Å². The molecular weight excluding hydrogens is 350 g/mol. The average molecular weight is 369 g/mol. The second-order valence-corrected chi connectivity index (χ2v) is 5.16. The summed E-state index contributed by atoms with van der Waals surface area (Å²) in [6.07, 6.45) is -3.00. The molecule has 0 aliphatic carbocycles. The lowest BCUT2D eigenvalue weighted by atomic mass is 10.1. The maximum atomic E-state index is 11.9. The van der Waals surface area contributed by atoms with Crippen LogP contribution in [-0.4, -0.2) is 45.1 Å². The SMILES string of the molecule is COCCOc1ccc(C(O)CCOCC(F)F)cc1Br. The van der Waals surface area contributed by atoms with Crippen LogP contribution < -0.4 is 4.74 Å². The monoisotopic (exact) mass is 368 g/mol. The first-order valence-corrected chi connectivity index (χ1v) is 7.29. The van der Waals surface area contributed by atoms with Gasteiger partial charge in [0.15, 0.2) is 0 Å². The van der Waals surface area contributed by atoms with Crippen LogP contribution in [0.4, 0.5) is 8.78 Å². The lowest BCUT2D eigenvalue weighted by Crippen LogP contribution is -2.09. The van der Waals surface area contributed by atoms with E-state index in [4.69, 9.17) is 14.2 Å². The molecule has 1 unspecified atom stereocenters. The van der Waals surface area contributed by atoms with Gasteiger partial charge in [0.1, 0.15) is 19.0 Å². The Morgan fingerprint density at radius 1 is 1.24 bits per heavy atom. The molecule has 1 N–H and O–H groups in total. The second-order valence-electron chi connectivity index (χ2n) is 4.30. The first kappa shape index (κ1) is 18.3. The van der Waals surface area contributed by atoms with E-state index < -0.39 is 19.1 Å². The fourth-order valence-electron chi connectivity index (χ4n) is 1.61. The fraction of sp³-hybridized carbons (Fsp3) is 0.571. The molecule has 7 heteroatoms. The normalized spacial score (nSPS) is 12.7. The van der Waals surface area contributed by atoms with Crippen molar-refractivity contribution in [1.82, 2.24) is 0 Å². The molecule has 4 nitrogen and oxygen atoms in total. The van der Waals surface area contributed by atoms with Gasteiger partial charge < -0.3 is 19.3 Å². The van der Waals surface area contributed by atoms with Gasteiger partial charge in [0.05, 0.1) is 17.2 Å². The molecule has 1 atom stereocenters. The van der Waals surface area contributed by atoms with Gasteiger partial charge in [-0.05, 0) is 33.6 Å². The summed E-state index contributed by atoms with van der Waals surface area (Å²) in [4.78, 5) is 0. The first-order chi connectivity index (χ1) is 10.0. The molecule has 0 bridgehead atoms. The van der Waals surface area contributed by atoms with Crippen molar-refractivity contribution in [3.8, 4) is 5.75 Å². The van der Waals surface area contributed by atoms with Gasteiger partial charge in [-0.3, -0.25) is 0 Å². The number of methoxy groups -OCH3 is 1. The standard InChI is InChI=1S/C14H19BrF2O4/c1-19-6-7-21-13-3-2-10(8-11(13)15)12(18)4-5-20-9-14(16)17/h2-3,8,12,14,18H,4-7,9H2,1H3. The van der Waals surface area contributed by atoms with Crippen LogP contribution in [0.25, 0.3) is 0 Å². The largest absolute Gasteiger partial charge is 0.490 e. The summed E-state index contributed by atoms with van der Waals surface area (Å²) in [5.74, 6) is 0.650. The zero-order chi connectivity index (χ0) is 15.7. The van der Waals surface area contributed by atoms with Crippen LogP contribution in [0.1, 0.15) is 18.1 Å². The number of aliphatic hydroxyl groups excluding tert-OH is 1. The molecule has 0 aliphatic heterocycles. The highest BCUT2D eigenvalue weighted by Gasteiger charge is 2.11. The Balaban J connectivity index is 2.45. The molecular formula is C14H19BrF2O4. The van der Waals surface area contributed by atoms with Crippen LogP contribution in [0, 0.1) is 0 Å². The minimum Gasteiger partial charge on any atom is -0.490 e. The Morgan fingerprint density at radius 3 is 2.62 bits per heavy atom. The molecule has 0 amide bonds. The van der Waals surface area contributed by atoms with Crippen molar-refractivity contribution in [3.63, 3.8) is 0 Å². The fourth-order valence-corrected chi connectivity index (χ4v) is 2.12. The van der Waals surface area contributed by atoms with E-state index in [1.165, 1.54) is 0 Å². The topological polar surface area (TPSA) is 47.9 Å². The zero-order valence-corrected chi connectivity index (χ0v) is 13.3. The van der Waals surface area contributed by atoms with E-state index in [0.29, 0.717) is 29.0 Å². The minimum atomic E-state index is -2.49. The summed E-state index contributed by atoms with van der Waals surface area (Å²) in [6.45, 7) is 0.384. The van der Waals surface area contributed by atoms with Crippen LogP contribution >= 0.6 is 15.9 Å². The number of rotatable bonds is 10. The number of ether oxygens (including phenoxy) is 3. The molecule has 0 fully saturated rings. The molecule has 0 saturated carbocycles. The predicted octanol–water partition coefficient (Wildman–Crippen LogP) is 3.18. The Labute approximate surface area is 131 Å². The number of aliphatic hydroxyl groups is 1. The number of benzene rings is 1. The number of halogens is 3. The van der Waals surface area contributed by atoms with Crippen LogP contribution in [0.2, 0.25) is 0 Å². The summed E-state index contributed by atoms with van der Waals surface area (Å²) in [5, 5.41) is 9.97. The highest BCUT2D eigenvalue weighted by molar-refractivity contribution is 9.10. The molecule has 1 aromatic rings. The van der Waals surface area contributed by atoms with Crippen molar-refractivity contribution in [2.75, 3.05) is 33.5 Å². The van der Waals surface area contributed by atoms with E-state index in [9.17, 15) is 13.9 Å². The Bertz CT molecular complexity index is 418. The van der Waals surface area contributed by atoms with Crippen LogP contribution in [-0.2, 0) is 9.47 Å². The van der Waals surface area contributed by atoms with Crippen molar-refractivity contribution >= 4 is 15.9 Å². The van der Waals surface area contributed by atoms with Gasteiger partial charge in [-0.15, -0.1) is 0 Å². The van der Waals surface area contributed by atoms with Crippen molar-refractivity contribution in [1.29, 1.82) is 0 Å². The molecule has 0 radical (unpaired) electrons. The molecule has 1 rings (SSSR count). The Hall–Kier alpha value is -0.760. The Morgan fingerprint density at radius 2 is 2.00 bits per heavy atom. The maximum absolute atomic E-state index is 11.9. The van der Waals surface area contributed by atoms with Gasteiger partial charge in [-0.2, -0.15) is 0 Å². The number of hydrogen-bond acceptors (Lipinski definition) is 4. The zero-order valence-electron chi connectivity index (χ0n) is 11.7. The minimum absolute atomic E-state index is 0.0786. The summed E-state index contributed by atoms with van der Waals surface area (Å²) < 4.78 is 39.6. The molecule has 120 valence electrons. The molecule has 21 heavy (non-hydrogen) atoms. The maximum Gasteiger partial charge on any atom is 0.261 e. The van der Waals surface area contributed by atoms with Gasteiger partial charge in [0, 0.05) is 20.1 Å². The summed E-state index contributed by atoms with van der Waals surface area (Å²) in [6, 6.07) is 5.20. The third-order valence-electron chi connectivity index (χ3n) is 2.67. The van der Waals surface area contributed by atoms with Gasteiger partial charge in [0.25, 0.3) is 6.43 Å². The molecule has 1 aromatic carbocycles. The number of alkyl halides is 2. The Kier molecular flexibility index (Phi) is 8.75. The van der Waals surface area contributed by atoms with Crippen molar-refractivity contribution in [2.45, 2.75) is 19.0 Å². The lowest BCUT2D eigenvalue weighted by molar-refractivity contribution is 0.00480. The third-order valence-corrected chi connectivity index (χ3v) is 3.28. The molecule has 0 heterocycles. The van der Waals surface area contributed by atoms with Gasteiger partial charge in [-0.25, -0.2) is 8.78 Å². The third kappa shape index (κ3) is 7.17. The summed E-state index contributed by atoms with van der Waals surface area (Å²) in [7, 11) is 1.59. The van der Waals surface area contributed by atoms with E-state index in [-0.39, 0.29) is 13.0 Å². The van der Waals surface area contributed by atoms with E-state index >= 15 is 0 Å². The molecule has 0 saturated heterocycles. The van der Waals surface area contributed by atoms with Gasteiger partial charge in [-0.1, -0.05) is 6.07 Å². The average Bonchev–Trinajstić information content (AvgIpc) is 2.45. The number of hydrogen-bond donors (Lipinski definition) is 1. The van der Waals surface area contributed by atoms with Gasteiger partial charge >= 0.3 is 0 Å². The van der Waals surface area contributed by atoms with Crippen LogP contribution in [0.15, 0.2) is 22.7 Å². The van der Waals surface area contributed by atoms with Crippen LogP contribution in [0.5, 0.6) is 5.75 Å². The van der Waals surface area contributed by atoms with E-state index in [1.807, 2.05) is 0 Å². The van der Waals surface area contributed by atoms with E-state index in [0.717, 1.165) is 0 Å². The van der Waals surface area contributed by atoms with Gasteiger partial charge in [0.2, 0.25) is 0 Å². The molecule has 0 aromatic heterocycles. The molecule has 0 spiro atoms. The molecule has 0 aliphatic rings. The first-order valence-electron chi connectivity index (χ1n) is 6.49. The quantitative estimate of drug-likeness (QED) is 0.644. The van der Waals surface area contributed by atoms with Crippen LogP contribution in [0.3, 0.4) is 0 Å². The summed E-state index contributed by atoms with van der Waals surface area (Å²) >= 11 is 3.36. The lowest BCUT2D eigenvalue weighted by Gasteiger charge is -2.14. The predicted molar refractivity (Wildman–Crippen MR) is 77.9 cm³/mol. The summed E-state index contributed by atoms with van der Waals surface area (Å²) in [5.41, 5.74) is 0.668. The van der Waals surface area contributed by atoms with E-state index in [2.05, 4.69) is 15.9 Å². The highest BCUT2D eigenvalue weighted by atomic mass is 79.9. The van der Waals surface area contributed by atoms with Crippen molar-refractivity contribution in [3.05, 3.63) is 28.2 Å². The second kappa shape index (κ2) is 10.0.